The van der Waals surface area contributed by atoms with Crippen molar-refractivity contribution in [2.45, 2.75) is 50.0 Å². The summed E-state index contributed by atoms with van der Waals surface area (Å²) >= 11 is 0. The Balaban J connectivity index is 0.000000182. The first-order valence-corrected chi connectivity index (χ1v) is 15.3. The Bertz CT molecular complexity index is 1410. The molecule has 1 aliphatic heterocycles. The van der Waals surface area contributed by atoms with Crippen molar-refractivity contribution < 1.29 is 22.2 Å². The van der Waals surface area contributed by atoms with Gasteiger partial charge in [0.1, 0.15) is 11.4 Å². The molecule has 1 N–H and O–H groups in total. The van der Waals surface area contributed by atoms with Crippen molar-refractivity contribution in [3.8, 4) is 22.9 Å². The van der Waals surface area contributed by atoms with Crippen molar-refractivity contribution >= 4 is 22.4 Å². The molecule has 0 bridgehead atoms. The largest absolute Gasteiger partial charge is 0.370 e. The number of nitriles is 1. The highest BCUT2D eigenvalue weighted by atomic mass is 32.2. The first kappa shape index (κ1) is 28.9. The van der Waals surface area contributed by atoms with Crippen molar-refractivity contribution in [3.63, 3.8) is 0 Å². The second-order valence-corrected chi connectivity index (χ2v) is 12.5. The van der Waals surface area contributed by atoms with Gasteiger partial charge in [0.2, 0.25) is 11.8 Å². The van der Waals surface area contributed by atoms with Gasteiger partial charge < -0.3 is 10.2 Å². The minimum absolute atomic E-state index is 0.218. The van der Waals surface area contributed by atoms with E-state index in [1.165, 1.54) is 12.1 Å². The Kier molecular flexibility index (Phi) is 8.50. The number of carbonyl (C=O) groups is 1. The topological polar surface area (TPSA) is 91.0 Å². The fourth-order valence-corrected chi connectivity index (χ4v) is 6.05. The van der Waals surface area contributed by atoms with Crippen LogP contribution in [0.3, 0.4) is 0 Å². The van der Waals surface area contributed by atoms with Crippen LogP contribution in [0, 0.1) is 23.1 Å². The predicted octanol–water partition coefficient (Wildman–Crippen LogP) is 5.23. The fourth-order valence-electron chi connectivity index (χ4n) is 5.00. The van der Waals surface area contributed by atoms with E-state index in [2.05, 4.69) is 45.7 Å². The lowest BCUT2D eigenvalue weighted by molar-refractivity contribution is -0.129. The lowest BCUT2D eigenvalue weighted by Crippen LogP contribution is -2.42. The van der Waals surface area contributed by atoms with Crippen LogP contribution in [0.2, 0.25) is 0 Å². The predicted molar refractivity (Wildman–Crippen MR) is 152 cm³/mol. The number of halogens is 3. The molecule has 6 rings (SSSR count). The molecular weight excluding hydrogens is 551 g/mol. The second-order valence-electron chi connectivity index (χ2n) is 10.8. The summed E-state index contributed by atoms with van der Waals surface area (Å²) in [5.74, 6) is -1.95. The van der Waals surface area contributed by atoms with E-state index in [0.717, 1.165) is 47.1 Å². The third kappa shape index (κ3) is 7.36. The van der Waals surface area contributed by atoms with Gasteiger partial charge in [-0.05, 0) is 67.6 Å². The molecule has 0 unspecified atom stereocenters. The maximum Gasteiger partial charge on any atom is 0.248 e. The highest BCUT2D eigenvalue weighted by molar-refractivity contribution is 7.85. The molecular formula is C30H32F3N5O2S. The van der Waals surface area contributed by atoms with Crippen LogP contribution in [0.1, 0.15) is 38.5 Å². The summed E-state index contributed by atoms with van der Waals surface area (Å²) in [5.41, 5.74) is 3.39. The minimum atomic E-state index is -2.61. The van der Waals surface area contributed by atoms with E-state index in [4.69, 9.17) is 5.26 Å². The zero-order chi connectivity index (χ0) is 29.0. The Labute approximate surface area is 239 Å². The quantitative estimate of drug-likeness (QED) is 0.444. The molecule has 2 saturated carbocycles. The number of alkyl halides is 2. The highest BCUT2D eigenvalue weighted by Gasteiger charge is 2.46. The van der Waals surface area contributed by atoms with E-state index in [0.29, 0.717) is 12.8 Å². The third-order valence-corrected chi connectivity index (χ3v) is 9.11. The van der Waals surface area contributed by atoms with Gasteiger partial charge in [0.15, 0.2) is 0 Å². The maximum absolute atomic E-state index is 13.0. The molecule has 3 fully saturated rings. The lowest BCUT2D eigenvalue weighted by atomic mass is 9.86. The van der Waals surface area contributed by atoms with E-state index in [9.17, 15) is 22.2 Å². The van der Waals surface area contributed by atoms with Gasteiger partial charge in [-0.1, -0.05) is 12.1 Å². The van der Waals surface area contributed by atoms with E-state index in [1.807, 2.05) is 12.4 Å². The second kappa shape index (κ2) is 12.1. The molecule has 1 saturated heterocycles. The van der Waals surface area contributed by atoms with Crippen molar-refractivity contribution in [3.05, 3.63) is 66.7 Å². The Morgan fingerprint density at radius 3 is 2.15 bits per heavy atom. The molecule has 3 aromatic rings. The molecule has 2 aromatic carbocycles. The SMILES string of the molecule is N#CC1(NC(=O)C2CCC(F)(F)CC2)CC1.O=S1CCN(c2ccc(-c3cnn(-c4ccc(F)cc4)c3)cc2)CC1. The number of nitrogens with zero attached hydrogens (tertiary/aromatic N) is 4. The molecule has 41 heavy (non-hydrogen) atoms. The summed E-state index contributed by atoms with van der Waals surface area (Å²) < 4.78 is 52.0. The number of nitrogens with one attached hydrogen (secondary N) is 1. The number of rotatable bonds is 5. The van der Waals surface area contributed by atoms with Crippen LogP contribution in [-0.2, 0) is 15.6 Å². The number of amides is 1. The first-order chi connectivity index (χ1) is 19.7. The number of carbonyl (C=O) groups excluding carboxylic acids is 1. The molecule has 11 heteroatoms. The molecule has 2 aliphatic carbocycles. The molecule has 1 aromatic heterocycles. The summed E-state index contributed by atoms with van der Waals surface area (Å²) in [6.07, 6.45) is 5.11. The molecule has 1 amide bonds. The lowest BCUT2D eigenvalue weighted by Gasteiger charge is -2.28. The van der Waals surface area contributed by atoms with Crippen LogP contribution < -0.4 is 10.2 Å². The molecule has 0 spiro atoms. The smallest absolute Gasteiger partial charge is 0.248 e. The van der Waals surface area contributed by atoms with Crippen LogP contribution in [0.25, 0.3) is 16.8 Å². The normalized spacial score (nSPS) is 19.9. The summed E-state index contributed by atoms with van der Waals surface area (Å²) in [4.78, 5) is 14.0. The van der Waals surface area contributed by atoms with E-state index in [1.54, 1.807) is 16.8 Å². The van der Waals surface area contributed by atoms with Gasteiger partial charge in [0.05, 0.1) is 18.0 Å². The van der Waals surface area contributed by atoms with E-state index < -0.39 is 22.3 Å². The van der Waals surface area contributed by atoms with Crippen LogP contribution in [0.4, 0.5) is 18.9 Å². The summed E-state index contributed by atoms with van der Waals surface area (Å²) in [6, 6.07) is 16.7. The number of hydrogen-bond acceptors (Lipinski definition) is 5. The zero-order valence-electron chi connectivity index (χ0n) is 22.6. The van der Waals surface area contributed by atoms with Crippen LogP contribution in [0.5, 0.6) is 0 Å². The van der Waals surface area contributed by atoms with Gasteiger partial charge in [-0.15, -0.1) is 0 Å². The minimum Gasteiger partial charge on any atom is -0.370 e. The number of benzene rings is 2. The standard InChI is InChI=1S/C19H18FN3OS.C11H14F2N2O/c20-17-3-7-19(8-4-17)23-14-16(13-21-23)15-1-5-18(6-2-15)22-9-11-25(24)12-10-22;12-11(13)3-1-8(2-4-11)9(16)15-10(7-14)5-6-10/h1-8,13-14H,9-12H2;8H,1-6H2,(H,15,16). The zero-order valence-corrected chi connectivity index (χ0v) is 23.4. The molecule has 7 nitrogen and oxygen atoms in total. The van der Waals surface area contributed by atoms with Gasteiger partial charge in [0, 0.05) is 71.6 Å². The third-order valence-electron chi connectivity index (χ3n) is 7.83. The van der Waals surface area contributed by atoms with E-state index in [-0.39, 0.29) is 43.3 Å². The van der Waals surface area contributed by atoms with E-state index >= 15 is 0 Å². The van der Waals surface area contributed by atoms with Crippen molar-refractivity contribution in [1.29, 1.82) is 5.26 Å². The molecule has 2 heterocycles. The van der Waals surface area contributed by atoms with Crippen molar-refractivity contribution in [2.75, 3.05) is 29.5 Å². The summed E-state index contributed by atoms with van der Waals surface area (Å²) in [6.45, 7) is 1.68. The highest BCUT2D eigenvalue weighted by Crippen LogP contribution is 2.38. The van der Waals surface area contributed by atoms with Gasteiger partial charge in [-0.25, -0.2) is 17.9 Å². The average Bonchev–Trinajstić information content (AvgIpc) is 3.57. The van der Waals surface area contributed by atoms with Crippen LogP contribution in [-0.4, -0.2) is 56.0 Å². The molecule has 0 atom stereocenters. The summed E-state index contributed by atoms with van der Waals surface area (Å²) in [5, 5.41) is 15.8. The first-order valence-electron chi connectivity index (χ1n) is 13.8. The average molecular weight is 584 g/mol. The van der Waals surface area contributed by atoms with Crippen molar-refractivity contribution in [1.82, 2.24) is 15.1 Å². The summed E-state index contributed by atoms with van der Waals surface area (Å²) in [7, 11) is -0.662. The van der Waals surface area contributed by atoms with Gasteiger partial charge in [0.25, 0.3) is 0 Å². The Morgan fingerprint density at radius 2 is 1.56 bits per heavy atom. The number of anilines is 1. The Hall–Kier alpha value is -3.65. The maximum atomic E-state index is 13.0. The van der Waals surface area contributed by atoms with Gasteiger partial charge in [-0.3, -0.25) is 9.00 Å². The Morgan fingerprint density at radius 1 is 0.951 bits per heavy atom. The van der Waals surface area contributed by atoms with Gasteiger partial charge >= 0.3 is 0 Å². The molecule has 0 radical (unpaired) electrons. The monoisotopic (exact) mass is 583 g/mol. The van der Waals surface area contributed by atoms with Crippen molar-refractivity contribution in [2.24, 2.45) is 5.92 Å². The fraction of sp³-hybridized carbons (Fsp3) is 0.433. The number of aromatic nitrogens is 2. The van der Waals surface area contributed by atoms with Gasteiger partial charge in [-0.2, -0.15) is 10.4 Å². The number of hydrogen-bond donors (Lipinski definition) is 1. The molecule has 3 aliphatic rings. The molecule has 216 valence electrons. The van der Waals surface area contributed by atoms with Crippen LogP contribution in [0.15, 0.2) is 60.9 Å². The van der Waals surface area contributed by atoms with Crippen LogP contribution >= 0.6 is 0 Å².